The summed E-state index contributed by atoms with van der Waals surface area (Å²) in [5.74, 6) is -0.250. The lowest BCUT2D eigenvalue weighted by Crippen LogP contribution is -2.07. The van der Waals surface area contributed by atoms with Crippen molar-refractivity contribution < 1.29 is 9.31 Å². The molecule has 1 aromatic carbocycles. The number of nitrogen functional groups attached to an aromatic ring is 1. The van der Waals surface area contributed by atoms with Crippen LogP contribution in [0.5, 0.6) is 0 Å². The van der Waals surface area contributed by atoms with Crippen LogP contribution in [0.15, 0.2) is 36.9 Å². The maximum atomic E-state index is 14.4. The summed E-state index contributed by atoms with van der Waals surface area (Å²) in [7, 11) is 0. The second kappa shape index (κ2) is 6.12. The van der Waals surface area contributed by atoms with E-state index in [1.165, 1.54) is 17.1 Å². The number of benzene rings is 1. The van der Waals surface area contributed by atoms with E-state index < -0.39 is 10.7 Å². The predicted molar refractivity (Wildman–Crippen MR) is 93.8 cm³/mol. The fraction of sp³-hybridized carbons (Fsp3) is 0.125. The number of nitrogens with zero attached hydrogens (tertiary/aromatic N) is 7. The third-order valence-electron chi connectivity index (χ3n) is 4.09. The Morgan fingerprint density at radius 2 is 2.15 bits per heavy atom. The first kappa shape index (κ1) is 16.6. The first-order chi connectivity index (χ1) is 12.9. The molecule has 27 heavy (non-hydrogen) atoms. The average molecular weight is 368 g/mol. The van der Waals surface area contributed by atoms with Crippen LogP contribution in [-0.4, -0.2) is 34.2 Å². The van der Waals surface area contributed by atoms with Crippen molar-refractivity contribution in [3.8, 4) is 5.82 Å². The van der Waals surface area contributed by atoms with Gasteiger partial charge in [-0.1, -0.05) is 0 Å². The molecule has 0 saturated carbocycles. The van der Waals surface area contributed by atoms with Gasteiger partial charge in [0, 0.05) is 23.5 Å². The number of hydrogen-bond donors (Lipinski definition) is 1. The van der Waals surface area contributed by atoms with Crippen LogP contribution in [0.1, 0.15) is 11.1 Å². The van der Waals surface area contributed by atoms with Crippen LogP contribution in [0.4, 0.5) is 16.0 Å². The van der Waals surface area contributed by atoms with Crippen LogP contribution in [-0.2, 0) is 6.54 Å². The Balaban J connectivity index is 1.80. The van der Waals surface area contributed by atoms with Crippen molar-refractivity contribution in [1.82, 2.24) is 29.3 Å². The highest BCUT2D eigenvalue weighted by atomic mass is 19.1. The fourth-order valence-corrected chi connectivity index (χ4v) is 2.85. The van der Waals surface area contributed by atoms with E-state index in [0.29, 0.717) is 22.5 Å². The highest BCUT2D eigenvalue weighted by Gasteiger charge is 2.18. The number of aromatic nitrogens is 6. The van der Waals surface area contributed by atoms with Gasteiger partial charge < -0.3 is 10.3 Å². The van der Waals surface area contributed by atoms with Crippen molar-refractivity contribution in [2.24, 2.45) is 0 Å². The predicted octanol–water partition coefficient (Wildman–Crippen LogP) is 2.00. The molecule has 0 fully saturated rings. The molecule has 0 saturated heterocycles. The lowest BCUT2D eigenvalue weighted by Gasteiger charge is -2.08. The summed E-state index contributed by atoms with van der Waals surface area (Å²) in [6.07, 6.45) is 4.78. The minimum Gasteiger partial charge on any atom is -0.368 e. The van der Waals surface area contributed by atoms with Gasteiger partial charge in [0.1, 0.15) is 5.82 Å². The van der Waals surface area contributed by atoms with Gasteiger partial charge in [0.25, 0.3) is 5.69 Å². The maximum Gasteiger partial charge on any atom is 0.275 e. The first-order valence-electron chi connectivity index (χ1n) is 7.86. The smallest absolute Gasteiger partial charge is 0.275 e. The van der Waals surface area contributed by atoms with E-state index in [2.05, 4.69) is 20.1 Å². The summed E-state index contributed by atoms with van der Waals surface area (Å²) >= 11 is 0. The Kier molecular flexibility index (Phi) is 3.76. The van der Waals surface area contributed by atoms with Crippen molar-refractivity contribution >= 4 is 22.8 Å². The number of nitro groups is 1. The van der Waals surface area contributed by atoms with E-state index in [0.717, 1.165) is 6.07 Å². The number of fused-ring (bicyclic) bond motifs is 1. The molecule has 0 radical (unpaired) electrons. The second-order valence-corrected chi connectivity index (χ2v) is 5.89. The number of aryl methyl sites for hydroxylation is 1. The van der Waals surface area contributed by atoms with E-state index in [9.17, 15) is 14.5 Å². The van der Waals surface area contributed by atoms with Crippen molar-refractivity contribution in [3.63, 3.8) is 0 Å². The van der Waals surface area contributed by atoms with Crippen LogP contribution < -0.4 is 5.73 Å². The second-order valence-electron chi connectivity index (χ2n) is 5.89. The number of halogens is 1. The first-order valence-corrected chi connectivity index (χ1v) is 7.86. The Morgan fingerprint density at radius 1 is 1.33 bits per heavy atom. The zero-order valence-corrected chi connectivity index (χ0v) is 14.1. The summed E-state index contributed by atoms with van der Waals surface area (Å²) in [4.78, 5) is 23.0. The van der Waals surface area contributed by atoms with Crippen molar-refractivity contribution in [1.29, 1.82) is 0 Å². The molecule has 10 nitrogen and oxygen atoms in total. The van der Waals surface area contributed by atoms with Gasteiger partial charge in [-0.05, 0) is 19.1 Å². The highest BCUT2D eigenvalue weighted by molar-refractivity contribution is 5.79. The SMILES string of the molecule is Cc1cc(Cn2cnc3c(-n4cccn4)nc(N)nc32)c(F)cc1[N+](=O)[O-]. The Labute approximate surface area is 151 Å². The normalized spacial score (nSPS) is 11.2. The molecule has 0 aliphatic heterocycles. The Bertz CT molecular complexity index is 1170. The van der Waals surface area contributed by atoms with E-state index >= 15 is 0 Å². The van der Waals surface area contributed by atoms with Crippen LogP contribution in [0.2, 0.25) is 0 Å². The molecule has 0 aliphatic carbocycles. The van der Waals surface area contributed by atoms with Crippen molar-refractivity contribution in [3.05, 3.63) is 64.0 Å². The topological polar surface area (TPSA) is 131 Å². The van der Waals surface area contributed by atoms with Gasteiger partial charge in [0.05, 0.1) is 23.9 Å². The highest BCUT2D eigenvalue weighted by Crippen LogP contribution is 2.24. The molecule has 0 spiro atoms. The van der Waals surface area contributed by atoms with E-state index in [4.69, 9.17) is 5.73 Å². The molecule has 0 unspecified atom stereocenters. The van der Waals surface area contributed by atoms with Crippen LogP contribution >= 0.6 is 0 Å². The molecule has 4 rings (SSSR count). The fourth-order valence-electron chi connectivity index (χ4n) is 2.85. The molecular weight excluding hydrogens is 355 g/mol. The summed E-state index contributed by atoms with van der Waals surface area (Å²) < 4.78 is 17.5. The van der Waals surface area contributed by atoms with E-state index in [-0.39, 0.29) is 23.7 Å². The lowest BCUT2D eigenvalue weighted by molar-refractivity contribution is -0.385. The molecule has 4 aromatic rings. The standard InChI is InChI=1S/C16H13FN8O2/c1-9-5-10(11(17)6-12(9)25(26)27)7-23-8-19-13-14(23)21-16(18)22-15(13)24-4-2-3-20-24/h2-6,8H,7H2,1H3,(H2,18,21,22). The summed E-state index contributed by atoms with van der Waals surface area (Å²) in [5.41, 5.74) is 7.04. The molecule has 0 bridgehead atoms. The quantitative estimate of drug-likeness (QED) is 0.430. The van der Waals surface area contributed by atoms with E-state index in [1.807, 2.05) is 0 Å². The molecular formula is C16H13FN8O2. The molecule has 11 heteroatoms. The van der Waals surface area contributed by atoms with E-state index in [1.54, 1.807) is 30.0 Å². The number of nitrogens with two attached hydrogens (primary N) is 1. The van der Waals surface area contributed by atoms with Crippen molar-refractivity contribution in [2.45, 2.75) is 13.5 Å². The molecule has 2 N–H and O–H groups in total. The van der Waals surface area contributed by atoms with Gasteiger partial charge in [-0.25, -0.2) is 14.1 Å². The maximum absolute atomic E-state index is 14.4. The molecule has 136 valence electrons. The van der Waals surface area contributed by atoms with Crippen LogP contribution in [0, 0.1) is 22.9 Å². The third-order valence-corrected chi connectivity index (χ3v) is 4.09. The molecule has 0 amide bonds. The monoisotopic (exact) mass is 368 g/mol. The lowest BCUT2D eigenvalue weighted by atomic mass is 10.1. The molecule has 0 atom stereocenters. The third kappa shape index (κ3) is 2.84. The molecule has 3 aromatic heterocycles. The van der Waals surface area contributed by atoms with Gasteiger partial charge >= 0.3 is 0 Å². The van der Waals surface area contributed by atoms with Gasteiger partial charge in [0.15, 0.2) is 17.0 Å². The van der Waals surface area contributed by atoms with Gasteiger partial charge in [-0.15, -0.1) is 0 Å². The number of rotatable bonds is 4. The van der Waals surface area contributed by atoms with Crippen molar-refractivity contribution in [2.75, 3.05) is 5.73 Å². The number of nitro benzene ring substituents is 1. The Morgan fingerprint density at radius 3 is 2.85 bits per heavy atom. The largest absolute Gasteiger partial charge is 0.368 e. The minimum absolute atomic E-state index is 0.0232. The molecule has 0 aliphatic rings. The zero-order chi connectivity index (χ0) is 19.1. The van der Waals surface area contributed by atoms with Crippen LogP contribution in [0.3, 0.4) is 0 Å². The van der Waals surface area contributed by atoms with Gasteiger partial charge in [-0.3, -0.25) is 10.1 Å². The number of hydrogen-bond acceptors (Lipinski definition) is 7. The summed E-state index contributed by atoms with van der Waals surface area (Å²) in [5, 5.41) is 15.1. The molecule has 3 heterocycles. The summed E-state index contributed by atoms with van der Waals surface area (Å²) in [6.45, 7) is 1.64. The number of anilines is 1. The van der Waals surface area contributed by atoms with Gasteiger partial charge in [-0.2, -0.15) is 15.1 Å². The number of imidazole rings is 1. The zero-order valence-electron chi connectivity index (χ0n) is 14.1. The Hall–Kier alpha value is -3.89. The summed E-state index contributed by atoms with van der Waals surface area (Å²) in [6, 6.07) is 4.09. The minimum atomic E-state index is -0.677. The van der Waals surface area contributed by atoms with Gasteiger partial charge in [0.2, 0.25) is 5.95 Å². The average Bonchev–Trinajstić information content (AvgIpc) is 3.27. The van der Waals surface area contributed by atoms with Crippen LogP contribution in [0.25, 0.3) is 17.0 Å².